The molecule has 118 valence electrons. The lowest BCUT2D eigenvalue weighted by Crippen LogP contribution is -2.24. The summed E-state index contributed by atoms with van der Waals surface area (Å²) in [5.74, 6) is 4.87. The van der Waals surface area contributed by atoms with Crippen LogP contribution in [0.15, 0.2) is 48.5 Å². The van der Waals surface area contributed by atoms with Crippen LogP contribution in [0.5, 0.6) is 5.75 Å². The van der Waals surface area contributed by atoms with E-state index < -0.39 is 11.9 Å². The van der Waals surface area contributed by atoms with E-state index in [9.17, 15) is 14.3 Å². The van der Waals surface area contributed by atoms with Gasteiger partial charge in [0.2, 0.25) is 0 Å². The number of halogens is 1. The number of hydrogen-bond acceptors (Lipinski definition) is 3. The first-order valence-corrected chi connectivity index (χ1v) is 7.07. The molecule has 23 heavy (non-hydrogen) atoms. The highest BCUT2D eigenvalue weighted by Crippen LogP contribution is 2.16. The molecule has 0 aliphatic rings. The number of aromatic hydroxyl groups is 1. The molecule has 2 rings (SSSR count). The monoisotopic (exact) mass is 313 g/mol. The molecule has 0 saturated heterocycles. The van der Waals surface area contributed by atoms with Crippen LogP contribution in [0, 0.1) is 17.7 Å². The molecule has 0 saturated carbocycles. The zero-order valence-electron chi connectivity index (χ0n) is 12.4. The Bertz CT molecular complexity index is 720. The molecule has 2 aromatic rings. The van der Waals surface area contributed by atoms with E-state index in [0.29, 0.717) is 13.0 Å². The average Bonchev–Trinajstić information content (AvgIpc) is 2.56. The number of ether oxygens (including phenoxy) is 1. The summed E-state index contributed by atoms with van der Waals surface area (Å²) in [4.78, 5) is 11.5. The predicted molar refractivity (Wildman–Crippen MR) is 84.2 cm³/mol. The third kappa shape index (κ3) is 5.71. The van der Waals surface area contributed by atoms with Gasteiger partial charge in [-0.3, -0.25) is 0 Å². The second kappa shape index (κ2) is 8.44. The summed E-state index contributed by atoms with van der Waals surface area (Å²) in [7, 11) is 0. The lowest BCUT2D eigenvalue weighted by atomic mass is 10.2. The Morgan fingerprint density at radius 1 is 1.22 bits per heavy atom. The Labute approximate surface area is 133 Å². The third-order valence-corrected chi connectivity index (χ3v) is 2.91. The second-order valence-electron chi connectivity index (χ2n) is 4.70. The summed E-state index contributed by atoms with van der Waals surface area (Å²) in [6, 6.07) is 12.9. The van der Waals surface area contributed by atoms with Gasteiger partial charge in [0.15, 0.2) is 0 Å². The van der Waals surface area contributed by atoms with Crippen LogP contribution in [0.25, 0.3) is 0 Å². The van der Waals surface area contributed by atoms with Crippen molar-refractivity contribution in [2.75, 3.05) is 6.54 Å². The number of nitrogens with one attached hydrogen (secondary N) is 1. The van der Waals surface area contributed by atoms with Crippen molar-refractivity contribution in [3.05, 3.63) is 65.5 Å². The van der Waals surface area contributed by atoms with E-state index in [1.165, 1.54) is 6.07 Å². The number of amides is 1. The molecule has 0 aliphatic carbocycles. The number of alkyl carbamates (subject to hydrolysis) is 1. The van der Waals surface area contributed by atoms with Crippen molar-refractivity contribution < 1.29 is 19.0 Å². The van der Waals surface area contributed by atoms with Gasteiger partial charge in [-0.15, -0.1) is 0 Å². The topological polar surface area (TPSA) is 58.6 Å². The van der Waals surface area contributed by atoms with Crippen LogP contribution in [0.4, 0.5) is 9.18 Å². The van der Waals surface area contributed by atoms with Gasteiger partial charge in [0.1, 0.15) is 18.2 Å². The van der Waals surface area contributed by atoms with Crippen LogP contribution < -0.4 is 5.32 Å². The summed E-state index contributed by atoms with van der Waals surface area (Å²) in [6.45, 7) is 0.506. The molecule has 0 aliphatic heterocycles. The fraction of sp³-hybridized carbons (Fsp3) is 0.167. The molecule has 1 amide bonds. The van der Waals surface area contributed by atoms with Crippen LogP contribution in [0.1, 0.15) is 17.5 Å². The molecule has 0 bridgehead atoms. The molecular formula is C18H16FNO3. The number of benzene rings is 2. The number of rotatable bonds is 4. The minimum Gasteiger partial charge on any atom is -0.507 e. The number of carbonyl (C=O) groups excluding carboxylic acids is 1. The van der Waals surface area contributed by atoms with Gasteiger partial charge in [-0.25, -0.2) is 9.18 Å². The first kappa shape index (κ1) is 16.4. The zero-order valence-corrected chi connectivity index (χ0v) is 12.4. The Balaban J connectivity index is 1.70. The first-order chi connectivity index (χ1) is 11.1. The Morgan fingerprint density at radius 2 is 2.00 bits per heavy atom. The van der Waals surface area contributed by atoms with E-state index in [1.54, 1.807) is 0 Å². The molecule has 0 fully saturated rings. The Hall–Kier alpha value is -3.00. The largest absolute Gasteiger partial charge is 0.507 e. The van der Waals surface area contributed by atoms with E-state index in [0.717, 1.165) is 17.7 Å². The average molecular weight is 313 g/mol. The highest BCUT2D eigenvalue weighted by molar-refractivity contribution is 5.67. The van der Waals surface area contributed by atoms with Gasteiger partial charge in [-0.05, 0) is 23.8 Å². The van der Waals surface area contributed by atoms with E-state index in [4.69, 9.17) is 4.74 Å². The summed E-state index contributed by atoms with van der Waals surface area (Å²) < 4.78 is 18.0. The summed E-state index contributed by atoms with van der Waals surface area (Å²) in [6.07, 6.45) is -0.166. The molecule has 2 aromatic carbocycles. The van der Waals surface area contributed by atoms with E-state index in [-0.39, 0.29) is 17.9 Å². The molecule has 0 atom stereocenters. The van der Waals surface area contributed by atoms with Crippen molar-refractivity contribution in [2.24, 2.45) is 0 Å². The quantitative estimate of drug-likeness (QED) is 0.673. The number of hydrogen-bond donors (Lipinski definition) is 2. The standard InChI is InChI=1S/C18H16FNO3/c19-16-9-10-17(21)15(12-16)8-4-5-11-20-18(22)23-13-14-6-2-1-3-7-14/h1-3,6-7,9-10,12,21H,5,11,13H2,(H,20,22). The van der Waals surface area contributed by atoms with Crippen molar-refractivity contribution >= 4 is 6.09 Å². The maximum atomic E-state index is 13.0. The lowest BCUT2D eigenvalue weighted by molar-refractivity contribution is 0.140. The minimum atomic E-state index is -0.524. The molecule has 4 nitrogen and oxygen atoms in total. The molecule has 0 aromatic heterocycles. The SMILES string of the molecule is O=C(NCCC#Cc1cc(F)ccc1O)OCc1ccccc1. The van der Waals surface area contributed by atoms with Crippen LogP contribution in [-0.2, 0) is 11.3 Å². The maximum Gasteiger partial charge on any atom is 0.407 e. The van der Waals surface area contributed by atoms with Crippen LogP contribution in [-0.4, -0.2) is 17.7 Å². The third-order valence-electron chi connectivity index (χ3n) is 2.91. The maximum absolute atomic E-state index is 13.0. The molecule has 0 spiro atoms. The fourth-order valence-corrected chi connectivity index (χ4v) is 1.77. The Kier molecular flexibility index (Phi) is 6.01. The molecule has 0 radical (unpaired) electrons. The van der Waals surface area contributed by atoms with E-state index >= 15 is 0 Å². The molecule has 5 heteroatoms. The predicted octanol–water partition coefficient (Wildman–Crippen LogP) is 3.20. The summed E-state index contributed by atoms with van der Waals surface area (Å²) in [5, 5.41) is 12.1. The second-order valence-corrected chi connectivity index (χ2v) is 4.70. The molecule has 0 unspecified atom stereocenters. The van der Waals surface area contributed by atoms with E-state index in [1.807, 2.05) is 30.3 Å². The van der Waals surface area contributed by atoms with Gasteiger partial charge >= 0.3 is 6.09 Å². The highest BCUT2D eigenvalue weighted by atomic mass is 19.1. The minimum absolute atomic E-state index is 0.0749. The first-order valence-electron chi connectivity index (χ1n) is 7.07. The van der Waals surface area contributed by atoms with Crippen LogP contribution in [0.3, 0.4) is 0 Å². The van der Waals surface area contributed by atoms with E-state index in [2.05, 4.69) is 17.2 Å². The number of phenolic OH excluding ortho intramolecular Hbond substituents is 1. The fourth-order valence-electron chi connectivity index (χ4n) is 1.77. The summed E-state index contributed by atoms with van der Waals surface area (Å²) in [5.41, 5.74) is 1.13. The van der Waals surface area contributed by atoms with Crippen molar-refractivity contribution in [3.63, 3.8) is 0 Å². The van der Waals surface area contributed by atoms with Crippen molar-refractivity contribution in [3.8, 4) is 17.6 Å². The van der Waals surface area contributed by atoms with Crippen LogP contribution >= 0.6 is 0 Å². The lowest BCUT2D eigenvalue weighted by Gasteiger charge is -2.05. The van der Waals surface area contributed by atoms with Crippen molar-refractivity contribution in [1.29, 1.82) is 0 Å². The van der Waals surface area contributed by atoms with Gasteiger partial charge in [0.05, 0.1) is 5.56 Å². The van der Waals surface area contributed by atoms with Gasteiger partial charge in [-0.2, -0.15) is 0 Å². The van der Waals surface area contributed by atoms with Crippen LogP contribution in [0.2, 0.25) is 0 Å². The van der Waals surface area contributed by atoms with Gasteiger partial charge in [0.25, 0.3) is 0 Å². The zero-order chi connectivity index (χ0) is 16.5. The highest BCUT2D eigenvalue weighted by Gasteiger charge is 2.01. The Morgan fingerprint density at radius 3 is 2.78 bits per heavy atom. The van der Waals surface area contributed by atoms with Crippen molar-refractivity contribution in [1.82, 2.24) is 5.32 Å². The van der Waals surface area contributed by atoms with Crippen molar-refractivity contribution in [2.45, 2.75) is 13.0 Å². The van der Waals surface area contributed by atoms with Gasteiger partial charge in [-0.1, -0.05) is 42.2 Å². The molecular weight excluding hydrogens is 297 g/mol. The number of carbonyl (C=O) groups is 1. The van der Waals surface area contributed by atoms with Gasteiger partial charge < -0.3 is 15.2 Å². The smallest absolute Gasteiger partial charge is 0.407 e. The summed E-state index contributed by atoms with van der Waals surface area (Å²) >= 11 is 0. The number of phenols is 1. The normalized spacial score (nSPS) is 9.61. The van der Waals surface area contributed by atoms with Gasteiger partial charge in [0, 0.05) is 13.0 Å². The molecule has 2 N–H and O–H groups in total. The molecule has 0 heterocycles.